The van der Waals surface area contributed by atoms with E-state index in [0.717, 1.165) is 44.9 Å². The van der Waals surface area contributed by atoms with Gasteiger partial charge >= 0.3 is 0 Å². The van der Waals surface area contributed by atoms with Crippen LogP contribution < -0.4 is 0 Å². The number of aliphatic hydroxyl groups excluding tert-OH is 12. The van der Waals surface area contributed by atoms with Crippen LogP contribution in [0, 0.1) is 46.3 Å². The Kier molecular flexibility index (Phi) is 17.0. The highest BCUT2D eigenvalue weighted by atomic mass is 16.8. The van der Waals surface area contributed by atoms with Crippen LogP contribution in [0.2, 0.25) is 0 Å². The predicted molar refractivity (Wildman–Crippen MR) is 248 cm³/mol. The molecule has 5 aliphatic heterocycles. The zero-order chi connectivity index (χ0) is 51.9. The number of aliphatic hydroxyl groups is 12. The van der Waals surface area contributed by atoms with Crippen LogP contribution >= 0.6 is 0 Å². The number of hydrogen-bond acceptors (Lipinski definition) is 21. The van der Waals surface area contributed by atoms with Gasteiger partial charge in [-0.05, 0) is 118 Å². The first-order valence-electron chi connectivity index (χ1n) is 26.7. The highest BCUT2D eigenvalue weighted by Crippen LogP contribution is 2.69. The molecule has 31 unspecified atom stereocenters. The third kappa shape index (κ3) is 10.0. The van der Waals surface area contributed by atoms with E-state index in [2.05, 4.69) is 33.8 Å². The molecule has 0 aromatic carbocycles. The van der Waals surface area contributed by atoms with Crippen LogP contribution in [0.1, 0.15) is 99.3 Å². The summed E-state index contributed by atoms with van der Waals surface area (Å²) in [6, 6.07) is 0. The van der Waals surface area contributed by atoms with Crippen molar-refractivity contribution in [3.8, 4) is 0 Å². The fourth-order valence-corrected chi connectivity index (χ4v) is 15.0. The second kappa shape index (κ2) is 22.0. The van der Waals surface area contributed by atoms with Crippen molar-refractivity contribution < 1.29 is 104 Å². The largest absolute Gasteiger partial charge is 0.394 e. The molecule has 5 heterocycles. The average molecular weight is 1030 g/mol. The highest BCUT2D eigenvalue weighted by Gasteiger charge is 2.65. The van der Waals surface area contributed by atoms with Gasteiger partial charge in [0.1, 0.15) is 85.5 Å². The third-order valence-electron chi connectivity index (χ3n) is 19.3. The minimum Gasteiger partial charge on any atom is -0.394 e. The SMILES string of the molecule is CC(CCC1OC2CC3C4CC=C5CC(OC6OC(CO)C(OC7OC(C)C(O)C(O)C7O)C(O)C6OC6OC(C)C(O)C(O)C6O)CCC5(C)C4CCC3(C)C2C1C)COC1OC(CO)C(O)C(O)C1O. The molecule has 21 heteroatoms. The average Bonchev–Trinajstić information content (AvgIpc) is 3.85. The minimum absolute atomic E-state index is 0.0800. The first kappa shape index (κ1) is 55.6. The van der Waals surface area contributed by atoms with E-state index in [-0.39, 0.29) is 35.6 Å². The van der Waals surface area contributed by atoms with Crippen molar-refractivity contribution in [1.82, 2.24) is 0 Å². The lowest BCUT2D eigenvalue weighted by molar-refractivity contribution is -0.388. The summed E-state index contributed by atoms with van der Waals surface area (Å²) in [6.07, 6.45) is -18.2. The molecule has 8 fully saturated rings. The van der Waals surface area contributed by atoms with E-state index in [9.17, 15) is 61.3 Å². The normalized spacial score (nSPS) is 55.1. The van der Waals surface area contributed by atoms with Crippen LogP contribution in [-0.4, -0.2) is 222 Å². The second-order valence-corrected chi connectivity index (χ2v) is 23.6. The Labute approximate surface area is 421 Å². The molecule has 0 amide bonds. The summed E-state index contributed by atoms with van der Waals surface area (Å²) in [4.78, 5) is 0. The van der Waals surface area contributed by atoms with Gasteiger partial charge in [0, 0.05) is 0 Å². The van der Waals surface area contributed by atoms with Crippen LogP contribution in [-0.2, 0) is 42.6 Å². The van der Waals surface area contributed by atoms with Gasteiger partial charge in [-0.2, -0.15) is 0 Å². The number of rotatable bonds is 14. The van der Waals surface area contributed by atoms with E-state index in [1.54, 1.807) is 0 Å². The zero-order valence-electron chi connectivity index (χ0n) is 42.3. The van der Waals surface area contributed by atoms with Gasteiger partial charge in [0.2, 0.25) is 0 Å². The summed E-state index contributed by atoms with van der Waals surface area (Å²) >= 11 is 0. The van der Waals surface area contributed by atoms with Crippen molar-refractivity contribution in [1.29, 1.82) is 0 Å². The summed E-state index contributed by atoms with van der Waals surface area (Å²) in [6.45, 7) is 11.4. The van der Waals surface area contributed by atoms with Crippen molar-refractivity contribution >= 4 is 0 Å². The van der Waals surface area contributed by atoms with Gasteiger partial charge in [0.15, 0.2) is 25.2 Å². The Bertz CT molecular complexity index is 1850. The van der Waals surface area contributed by atoms with Gasteiger partial charge < -0.3 is 104 Å². The molecule has 0 radical (unpaired) electrons. The smallest absolute Gasteiger partial charge is 0.187 e. The molecule has 3 saturated carbocycles. The molecule has 9 aliphatic rings. The summed E-state index contributed by atoms with van der Waals surface area (Å²) in [7, 11) is 0. The van der Waals surface area contributed by atoms with Crippen LogP contribution in [0.5, 0.6) is 0 Å². The molecule has 12 N–H and O–H groups in total. The molecule has 0 bridgehead atoms. The van der Waals surface area contributed by atoms with Crippen molar-refractivity contribution in [3.63, 3.8) is 0 Å². The van der Waals surface area contributed by atoms with Crippen molar-refractivity contribution in [2.45, 2.75) is 240 Å². The third-order valence-corrected chi connectivity index (χ3v) is 19.3. The van der Waals surface area contributed by atoms with Crippen LogP contribution in [0.15, 0.2) is 11.6 Å². The fourth-order valence-electron chi connectivity index (χ4n) is 15.0. The molecular formula is C51H84O21. The monoisotopic (exact) mass is 1030 g/mol. The lowest BCUT2D eigenvalue weighted by atomic mass is 9.47. The molecule has 21 nitrogen and oxygen atoms in total. The maximum atomic E-state index is 12.0. The lowest BCUT2D eigenvalue weighted by Crippen LogP contribution is -2.66. The molecule has 4 aliphatic carbocycles. The van der Waals surface area contributed by atoms with E-state index in [1.165, 1.54) is 19.4 Å². The van der Waals surface area contributed by atoms with Crippen LogP contribution in [0.25, 0.3) is 0 Å². The molecule has 414 valence electrons. The van der Waals surface area contributed by atoms with Gasteiger partial charge in [-0.1, -0.05) is 39.3 Å². The predicted octanol–water partition coefficient (Wildman–Crippen LogP) is -1.30. The molecule has 9 rings (SSSR count). The number of fused-ring (bicyclic) bond motifs is 7. The summed E-state index contributed by atoms with van der Waals surface area (Å²) in [5.41, 5.74) is 1.35. The number of ether oxygens (including phenoxy) is 9. The summed E-state index contributed by atoms with van der Waals surface area (Å²) in [5.74, 6) is 2.35. The molecular weight excluding hydrogens is 949 g/mol. The first-order valence-corrected chi connectivity index (χ1v) is 26.7. The van der Waals surface area contributed by atoms with Crippen molar-refractivity contribution in [3.05, 3.63) is 11.6 Å². The summed E-state index contributed by atoms with van der Waals surface area (Å²) < 4.78 is 55.0. The Hall–Kier alpha value is -1.10. The van der Waals surface area contributed by atoms with E-state index < -0.39 is 142 Å². The molecule has 5 saturated heterocycles. The van der Waals surface area contributed by atoms with Gasteiger partial charge in [0.25, 0.3) is 0 Å². The van der Waals surface area contributed by atoms with E-state index in [4.69, 9.17) is 42.6 Å². The first-order chi connectivity index (χ1) is 34.1. The minimum atomic E-state index is -1.73. The molecule has 0 aromatic rings. The van der Waals surface area contributed by atoms with Crippen molar-refractivity contribution in [2.24, 2.45) is 46.3 Å². The van der Waals surface area contributed by atoms with Crippen molar-refractivity contribution in [2.75, 3.05) is 19.8 Å². The Morgan fingerprint density at radius 1 is 0.611 bits per heavy atom. The number of hydrogen-bond donors (Lipinski definition) is 12. The Morgan fingerprint density at radius 2 is 1.21 bits per heavy atom. The molecule has 0 aromatic heterocycles. The Balaban J connectivity index is 0.837. The molecule has 0 spiro atoms. The maximum absolute atomic E-state index is 12.0. The van der Waals surface area contributed by atoms with Crippen LogP contribution in [0.4, 0.5) is 0 Å². The van der Waals surface area contributed by atoms with Crippen LogP contribution in [0.3, 0.4) is 0 Å². The highest BCUT2D eigenvalue weighted by molar-refractivity contribution is 5.26. The lowest BCUT2D eigenvalue weighted by Gasteiger charge is -2.58. The fraction of sp³-hybridized carbons (Fsp3) is 0.961. The summed E-state index contributed by atoms with van der Waals surface area (Å²) in [5, 5.41) is 126. The molecule has 31 atom stereocenters. The standard InChI is InChI=1S/C51H84O21/c1-20(19-64-46-40(60)39(59)36(56)31(17-52)69-46)7-10-29-21(2)33-30(68-29)16-28-26-9-8-24-15-25(11-13-50(24,5)27(26)12-14-51(28,33)6)67-49-45(72-48-42(62)38(58)35(55)23(4)66-48)43(63)44(32(18-53)70-49)71-47-41(61)37(57)34(54)22(3)65-47/h8,20-23,25-49,52-63H,7,9-19H2,1-6H3. The maximum Gasteiger partial charge on any atom is 0.187 e. The van der Waals surface area contributed by atoms with Gasteiger partial charge in [0.05, 0.1) is 50.3 Å². The zero-order valence-corrected chi connectivity index (χ0v) is 42.3. The van der Waals surface area contributed by atoms with Gasteiger partial charge in [-0.15, -0.1) is 0 Å². The van der Waals surface area contributed by atoms with Gasteiger partial charge in [-0.3, -0.25) is 0 Å². The molecule has 72 heavy (non-hydrogen) atoms. The second-order valence-electron chi connectivity index (χ2n) is 23.6. The van der Waals surface area contributed by atoms with E-state index >= 15 is 0 Å². The van der Waals surface area contributed by atoms with E-state index in [0.29, 0.717) is 42.4 Å². The Morgan fingerprint density at radius 3 is 1.85 bits per heavy atom. The van der Waals surface area contributed by atoms with E-state index in [1.807, 2.05) is 0 Å². The van der Waals surface area contributed by atoms with Gasteiger partial charge in [-0.25, -0.2) is 0 Å². The quantitative estimate of drug-likeness (QED) is 0.0900. The number of allylic oxidation sites excluding steroid dienone is 1. The topological polar surface area (TPSA) is 326 Å².